The smallest absolute Gasteiger partial charge is 0.266 e. The van der Waals surface area contributed by atoms with Crippen molar-refractivity contribution in [3.63, 3.8) is 0 Å². The molecule has 2 aromatic rings. The summed E-state index contributed by atoms with van der Waals surface area (Å²) in [5, 5.41) is 4.23. The molecule has 0 fully saturated rings. The highest BCUT2D eigenvalue weighted by Gasteiger charge is 2.10. The monoisotopic (exact) mass is 307 g/mol. The number of aromatic nitrogens is 2. The van der Waals surface area contributed by atoms with E-state index in [1.54, 1.807) is 39.1 Å². The van der Waals surface area contributed by atoms with Crippen molar-refractivity contribution in [1.82, 2.24) is 9.78 Å². The summed E-state index contributed by atoms with van der Waals surface area (Å²) in [7, 11) is -1.74. The highest BCUT2D eigenvalue weighted by molar-refractivity contribution is 7.92. The summed E-state index contributed by atoms with van der Waals surface area (Å²) in [6, 6.07) is 8.45. The Kier molecular flexibility index (Phi) is 4.13. The minimum atomic E-state index is -3.32. The van der Waals surface area contributed by atoms with E-state index >= 15 is 0 Å². The van der Waals surface area contributed by atoms with Crippen molar-refractivity contribution < 1.29 is 8.42 Å². The Morgan fingerprint density at radius 3 is 2.67 bits per heavy atom. The number of nitrogens with zero attached hydrogens (tertiary/aromatic N) is 2. The summed E-state index contributed by atoms with van der Waals surface area (Å²) in [6.07, 6.45) is 0. The van der Waals surface area contributed by atoms with Crippen LogP contribution in [0, 0.1) is 6.92 Å². The second kappa shape index (κ2) is 5.69. The number of aryl methyl sites for hydroxylation is 2. The average Bonchev–Trinajstić information content (AvgIpc) is 2.42. The summed E-state index contributed by atoms with van der Waals surface area (Å²) in [5.41, 5.74) is 2.44. The predicted molar refractivity (Wildman–Crippen MR) is 82.7 cm³/mol. The molecule has 1 aromatic heterocycles. The fraction of sp³-hybridized carbons (Fsp3) is 0.286. The lowest BCUT2D eigenvalue weighted by Gasteiger charge is -2.10. The van der Waals surface area contributed by atoms with Crippen molar-refractivity contribution >= 4 is 15.7 Å². The van der Waals surface area contributed by atoms with Gasteiger partial charge in [0.2, 0.25) is 10.0 Å². The van der Waals surface area contributed by atoms with Gasteiger partial charge in [0.15, 0.2) is 0 Å². The van der Waals surface area contributed by atoms with Crippen LogP contribution in [0.1, 0.15) is 12.5 Å². The Bertz CT molecular complexity index is 826. The highest BCUT2D eigenvalue weighted by atomic mass is 32.2. The fourth-order valence-electron chi connectivity index (χ4n) is 1.89. The van der Waals surface area contributed by atoms with Gasteiger partial charge < -0.3 is 0 Å². The van der Waals surface area contributed by atoms with E-state index in [1.165, 1.54) is 10.7 Å². The van der Waals surface area contributed by atoms with Crippen LogP contribution in [0.4, 0.5) is 5.69 Å². The highest BCUT2D eigenvalue weighted by Crippen LogP contribution is 2.23. The SMILES string of the molecule is CCS(=O)(=O)Nc1cccc(-c2nn(C)c(=O)cc2C)c1. The third-order valence-corrected chi connectivity index (χ3v) is 4.38. The van der Waals surface area contributed by atoms with Crippen molar-refractivity contribution in [2.75, 3.05) is 10.5 Å². The van der Waals surface area contributed by atoms with Gasteiger partial charge in [-0.1, -0.05) is 12.1 Å². The second-order valence-electron chi connectivity index (χ2n) is 4.72. The number of hydrogen-bond donors (Lipinski definition) is 1. The molecule has 0 saturated heterocycles. The van der Waals surface area contributed by atoms with E-state index in [0.717, 1.165) is 11.1 Å². The molecular weight excluding hydrogens is 290 g/mol. The lowest BCUT2D eigenvalue weighted by Crippen LogP contribution is -2.19. The van der Waals surface area contributed by atoms with Crippen LogP contribution in [0.2, 0.25) is 0 Å². The molecular formula is C14H17N3O3S. The third kappa shape index (κ3) is 3.49. The minimum Gasteiger partial charge on any atom is -0.284 e. The molecule has 7 heteroatoms. The molecule has 1 aromatic carbocycles. The van der Waals surface area contributed by atoms with Gasteiger partial charge in [-0.05, 0) is 31.5 Å². The molecule has 0 aliphatic carbocycles. The van der Waals surface area contributed by atoms with E-state index in [4.69, 9.17) is 0 Å². The summed E-state index contributed by atoms with van der Waals surface area (Å²) in [6.45, 7) is 3.37. The van der Waals surface area contributed by atoms with Gasteiger partial charge >= 0.3 is 0 Å². The van der Waals surface area contributed by atoms with Crippen molar-refractivity contribution in [3.8, 4) is 11.3 Å². The lowest BCUT2D eigenvalue weighted by atomic mass is 10.1. The van der Waals surface area contributed by atoms with Crippen LogP contribution in [0.25, 0.3) is 11.3 Å². The van der Waals surface area contributed by atoms with E-state index in [2.05, 4.69) is 9.82 Å². The first-order valence-electron chi connectivity index (χ1n) is 6.48. The second-order valence-corrected chi connectivity index (χ2v) is 6.74. The molecule has 0 spiro atoms. The first-order chi connectivity index (χ1) is 9.82. The minimum absolute atomic E-state index is 0.00828. The molecule has 0 unspecified atom stereocenters. The van der Waals surface area contributed by atoms with Crippen LogP contribution in [0.3, 0.4) is 0 Å². The van der Waals surface area contributed by atoms with Gasteiger partial charge in [0.1, 0.15) is 0 Å². The van der Waals surface area contributed by atoms with Crippen molar-refractivity contribution in [3.05, 3.63) is 46.2 Å². The number of sulfonamides is 1. The van der Waals surface area contributed by atoms with E-state index in [0.29, 0.717) is 11.4 Å². The Balaban J connectivity index is 2.47. The zero-order valence-corrected chi connectivity index (χ0v) is 12.9. The average molecular weight is 307 g/mol. The van der Waals surface area contributed by atoms with Gasteiger partial charge in [-0.15, -0.1) is 0 Å². The quantitative estimate of drug-likeness (QED) is 0.928. The Morgan fingerprint density at radius 2 is 2.00 bits per heavy atom. The number of hydrogen-bond acceptors (Lipinski definition) is 4. The van der Waals surface area contributed by atoms with E-state index < -0.39 is 10.0 Å². The molecule has 6 nitrogen and oxygen atoms in total. The van der Waals surface area contributed by atoms with Crippen LogP contribution in [0.15, 0.2) is 35.1 Å². The van der Waals surface area contributed by atoms with Gasteiger partial charge in [-0.2, -0.15) is 5.10 Å². The molecule has 0 saturated carbocycles. The first-order valence-corrected chi connectivity index (χ1v) is 8.13. The zero-order valence-electron chi connectivity index (χ0n) is 12.1. The third-order valence-electron chi connectivity index (χ3n) is 3.07. The van der Waals surface area contributed by atoms with Crippen LogP contribution in [0.5, 0.6) is 0 Å². The molecule has 0 aliphatic rings. The largest absolute Gasteiger partial charge is 0.284 e. The van der Waals surface area contributed by atoms with Crippen molar-refractivity contribution in [1.29, 1.82) is 0 Å². The number of benzene rings is 1. The Hall–Kier alpha value is -2.15. The Labute approximate surface area is 123 Å². The Morgan fingerprint density at radius 1 is 1.29 bits per heavy atom. The summed E-state index contributed by atoms with van der Waals surface area (Å²) in [4.78, 5) is 11.5. The topological polar surface area (TPSA) is 81.1 Å². The maximum absolute atomic E-state index is 11.6. The molecule has 112 valence electrons. The van der Waals surface area contributed by atoms with E-state index in [9.17, 15) is 13.2 Å². The molecule has 1 heterocycles. The maximum Gasteiger partial charge on any atom is 0.266 e. The maximum atomic E-state index is 11.6. The van der Waals surface area contributed by atoms with Gasteiger partial charge in [0.05, 0.1) is 11.4 Å². The normalized spacial score (nSPS) is 11.4. The molecule has 0 aliphatic heterocycles. The number of nitrogens with one attached hydrogen (secondary N) is 1. The molecule has 1 N–H and O–H groups in total. The zero-order chi connectivity index (χ0) is 15.6. The summed E-state index contributed by atoms with van der Waals surface area (Å²) >= 11 is 0. The molecule has 0 atom stereocenters. The summed E-state index contributed by atoms with van der Waals surface area (Å²) < 4.78 is 27.0. The van der Waals surface area contributed by atoms with E-state index in [1.807, 2.05) is 6.07 Å². The van der Waals surface area contributed by atoms with Crippen molar-refractivity contribution in [2.24, 2.45) is 7.05 Å². The lowest BCUT2D eigenvalue weighted by molar-refractivity contribution is 0.602. The predicted octanol–water partition coefficient (Wildman–Crippen LogP) is 1.52. The van der Waals surface area contributed by atoms with Crippen LogP contribution >= 0.6 is 0 Å². The molecule has 0 bridgehead atoms. The molecule has 0 amide bonds. The van der Waals surface area contributed by atoms with Crippen LogP contribution in [-0.2, 0) is 17.1 Å². The molecule has 0 radical (unpaired) electrons. The van der Waals surface area contributed by atoms with Gasteiger partial charge in [0, 0.05) is 24.4 Å². The standard InChI is InChI=1S/C14H17N3O3S/c1-4-21(19,20)16-12-7-5-6-11(9-12)14-10(2)8-13(18)17(3)15-14/h5-9,16H,4H2,1-3H3. The first kappa shape index (κ1) is 15.2. The fourth-order valence-corrected chi connectivity index (χ4v) is 2.52. The van der Waals surface area contributed by atoms with Crippen LogP contribution < -0.4 is 10.3 Å². The molecule has 2 rings (SSSR count). The molecule has 21 heavy (non-hydrogen) atoms. The summed E-state index contributed by atoms with van der Waals surface area (Å²) in [5.74, 6) is 0.00828. The van der Waals surface area contributed by atoms with Gasteiger partial charge in [0.25, 0.3) is 5.56 Å². The number of anilines is 1. The van der Waals surface area contributed by atoms with Gasteiger partial charge in [-0.3, -0.25) is 9.52 Å². The van der Waals surface area contributed by atoms with Crippen LogP contribution in [-0.4, -0.2) is 24.0 Å². The van der Waals surface area contributed by atoms with E-state index in [-0.39, 0.29) is 11.3 Å². The van der Waals surface area contributed by atoms with Gasteiger partial charge in [-0.25, -0.2) is 13.1 Å². The number of rotatable bonds is 4. The van der Waals surface area contributed by atoms with Crippen molar-refractivity contribution in [2.45, 2.75) is 13.8 Å².